The summed E-state index contributed by atoms with van der Waals surface area (Å²) in [6.45, 7) is 11.2. The molecule has 1 heteroatoms. The van der Waals surface area contributed by atoms with Crippen LogP contribution < -0.4 is 0 Å². The lowest BCUT2D eigenvalue weighted by Gasteiger charge is -2.24. The van der Waals surface area contributed by atoms with Crippen LogP contribution in [-0.2, 0) is 4.79 Å². The molecule has 0 aromatic rings. The van der Waals surface area contributed by atoms with Crippen LogP contribution >= 0.6 is 0 Å². The van der Waals surface area contributed by atoms with Crippen LogP contribution in [0, 0.1) is 27.6 Å². The van der Waals surface area contributed by atoms with Crippen molar-refractivity contribution in [2.75, 3.05) is 0 Å². The van der Waals surface area contributed by atoms with E-state index in [2.05, 4.69) is 34.6 Å². The Morgan fingerprint density at radius 2 is 1.50 bits per heavy atom. The second-order valence-electron chi connectivity index (χ2n) is 5.66. The lowest BCUT2D eigenvalue weighted by atomic mass is 9.78. The van der Waals surface area contributed by atoms with Gasteiger partial charge in [-0.2, -0.15) is 0 Å². The second-order valence-corrected chi connectivity index (χ2v) is 5.66. The highest BCUT2D eigenvalue weighted by molar-refractivity contribution is 6.04. The van der Waals surface area contributed by atoms with E-state index in [1.807, 2.05) is 0 Å². The fraction of sp³-hybridized carbons (Fsp3) is 0.909. The fourth-order valence-corrected chi connectivity index (χ4v) is 5.31. The van der Waals surface area contributed by atoms with Gasteiger partial charge in [-0.05, 0) is 16.2 Å². The molecule has 4 aliphatic carbocycles. The monoisotopic (exact) mass is 164 g/mol. The van der Waals surface area contributed by atoms with Gasteiger partial charge in [0, 0.05) is 11.3 Å². The van der Waals surface area contributed by atoms with E-state index in [0.29, 0.717) is 27.9 Å². The van der Waals surface area contributed by atoms with Gasteiger partial charge in [0.1, 0.15) is 5.78 Å². The molecule has 0 N–H and O–H groups in total. The Morgan fingerprint density at radius 3 is 1.58 bits per heavy atom. The second kappa shape index (κ2) is 1.13. The van der Waals surface area contributed by atoms with Crippen molar-refractivity contribution in [1.29, 1.82) is 0 Å². The molecule has 0 saturated heterocycles. The van der Waals surface area contributed by atoms with Crippen LogP contribution in [0.1, 0.15) is 34.6 Å². The summed E-state index contributed by atoms with van der Waals surface area (Å²) in [5.41, 5.74) is 1.09. The fourth-order valence-electron chi connectivity index (χ4n) is 5.31. The zero-order valence-corrected chi connectivity index (χ0v) is 8.49. The van der Waals surface area contributed by atoms with Crippen molar-refractivity contribution in [3.63, 3.8) is 0 Å². The van der Waals surface area contributed by atoms with Crippen LogP contribution in [0.5, 0.6) is 0 Å². The van der Waals surface area contributed by atoms with Crippen molar-refractivity contribution in [2.45, 2.75) is 34.6 Å². The maximum absolute atomic E-state index is 11.9. The molecule has 4 rings (SSSR count). The molecule has 0 aromatic heterocycles. The van der Waals surface area contributed by atoms with Gasteiger partial charge in [-0.1, -0.05) is 34.6 Å². The van der Waals surface area contributed by atoms with Gasteiger partial charge in [0.05, 0.1) is 0 Å². The van der Waals surface area contributed by atoms with Crippen LogP contribution in [0.3, 0.4) is 0 Å². The molecule has 0 radical (unpaired) electrons. The summed E-state index contributed by atoms with van der Waals surface area (Å²) in [6, 6.07) is 0. The minimum atomic E-state index is 0.0498. The maximum Gasteiger partial charge on any atom is 0.143 e. The maximum atomic E-state index is 11.9. The number of fused-ring (bicyclic) bond motifs is 1. The zero-order chi connectivity index (χ0) is 9.15. The van der Waals surface area contributed by atoms with Gasteiger partial charge in [-0.25, -0.2) is 0 Å². The summed E-state index contributed by atoms with van der Waals surface area (Å²) >= 11 is 0. The Balaban J connectivity index is 2.27. The smallest absolute Gasteiger partial charge is 0.143 e. The molecule has 2 unspecified atom stereocenters. The molecular weight excluding hydrogens is 148 g/mol. The van der Waals surface area contributed by atoms with Crippen molar-refractivity contribution in [3.05, 3.63) is 0 Å². The molecule has 0 heterocycles. The van der Waals surface area contributed by atoms with E-state index in [1.54, 1.807) is 0 Å². The SMILES string of the molecule is C[C@H]1C(=O)C2(C)C3(C)C1(C)C23C. The van der Waals surface area contributed by atoms with Crippen molar-refractivity contribution in [2.24, 2.45) is 27.6 Å². The lowest BCUT2D eigenvalue weighted by Crippen LogP contribution is -2.22. The highest BCUT2D eigenvalue weighted by atomic mass is 16.1. The van der Waals surface area contributed by atoms with Crippen LogP contribution in [0.15, 0.2) is 0 Å². The summed E-state index contributed by atoms with van der Waals surface area (Å²) in [7, 11) is 0. The molecular formula is C11H16O. The summed E-state index contributed by atoms with van der Waals surface area (Å²) in [4.78, 5) is 11.9. The van der Waals surface area contributed by atoms with Crippen LogP contribution in [0.4, 0.5) is 0 Å². The van der Waals surface area contributed by atoms with Gasteiger partial charge in [0.2, 0.25) is 0 Å². The zero-order valence-electron chi connectivity index (χ0n) is 8.49. The van der Waals surface area contributed by atoms with Crippen LogP contribution in [0.25, 0.3) is 0 Å². The first kappa shape index (κ1) is 7.11. The van der Waals surface area contributed by atoms with Crippen molar-refractivity contribution >= 4 is 5.78 Å². The number of rotatable bonds is 0. The van der Waals surface area contributed by atoms with Gasteiger partial charge in [0.15, 0.2) is 0 Å². The third-order valence-electron chi connectivity index (χ3n) is 6.70. The quantitative estimate of drug-likeness (QED) is 0.536. The van der Waals surface area contributed by atoms with Crippen molar-refractivity contribution in [1.82, 2.24) is 0 Å². The predicted molar refractivity (Wildman–Crippen MR) is 46.6 cm³/mol. The molecule has 4 fully saturated rings. The standard InChI is InChI=1S/C11H16O/c1-6-7(12)9(3)10(4)8(6,2)11(9,10)5/h6H,1-5H3/t6-,8?,9?,10?,11?/m0/s1. The molecule has 12 heavy (non-hydrogen) atoms. The van der Waals surface area contributed by atoms with E-state index >= 15 is 0 Å². The van der Waals surface area contributed by atoms with Gasteiger partial charge in [0.25, 0.3) is 0 Å². The molecule has 0 aliphatic heterocycles. The van der Waals surface area contributed by atoms with E-state index in [-0.39, 0.29) is 5.41 Å². The van der Waals surface area contributed by atoms with Crippen molar-refractivity contribution < 1.29 is 4.79 Å². The normalized spacial score (nSPS) is 77.4. The topological polar surface area (TPSA) is 17.1 Å². The molecule has 3 atom stereocenters. The highest BCUT2D eigenvalue weighted by Gasteiger charge is 3.11. The summed E-state index contributed by atoms with van der Waals surface area (Å²) < 4.78 is 0. The highest BCUT2D eigenvalue weighted by Crippen LogP contribution is 3.11. The van der Waals surface area contributed by atoms with Gasteiger partial charge >= 0.3 is 0 Å². The molecule has 0 aromatic carbocycles. The molecule has 0 spiro atoms. The number of ketones is 1. The third-order valence-corrected chi connectivity index (χ3v) is 6.70. The molecule has 2 bridgehead atoms. The van der Waals surface area contributed by atoms with Crippen LogP contribution in [0.2, 0.25) is 0 Å². The number of carbonyl (C=O) groups excluding carboxylic acids is 1. The largest absolute Gasteiger partial charge is 0.299 e. The minimum absolute atomic E-state index is 0.0498. The lowest BCUT2D eigenvalue weighted by molar-refractivity contribution is -0.124. The summed E-state index contributed by atoms with van der Waals surface area (Å²) in [5.74, 6) is 0.826. The van der Waals surface area contributed by atoms with E-state index < -0.39 is 0 Å². The molecule has 1 nitrogen and oxygen atoms in total. The van der Waals surface area contributed by atoms with Gasteiger partial charge in [-0.15, -0.1) is 0 Å². The van der Waals surface area contributed by atoms with E-state index in [4.69, 9.17) is 0 Å². The Bertz CT molecular complexity index is 298. The Labute approximate surface area is 73.5 Å². The number of Topliss-reactive ketones (excluding diaryl/α,β-unsaturated/α-hetero) is 1. The first-order chi connectivity index (χ1) is 5.32. The summed E-state index contributed by atoms with van der Waals surface area (Å²) in [5, 5.41) is 0. The van der Waals surface area contributed by atoms with E-state index in [1.165, 1.54) is 0 Å². The Kier molecular flexibility index (Phi) is 0.672. The van der Waals surface area contributed by atoms with Gasteiger partial charge < -0.3 is 0 Å². The molecule has 0 amide bonds. The number of hydrogen-bond donors (Lipinski definition) is 0. The molecule has 4 saturated carbocycles. The molecule has 4 aliphatic rings. The Hall–Kier alpha value is -0.330. The van der Waals surface area contributed by atoms with E-state index in [9.17, 15) is 4.79 Å². The number of hydrogen-bond acceptors (Lipinski definition) is 1. The van der Waals surface area contributed by atoms with Crippen molar-refractivity contribution in [3.8, 4) is 0 Å². The minimum Gasteiger partial charge on any atom is -0.299 e. The first-order valence-electron chi connectivity index (χ1n) is 4.86. The van der Waals surface area contributed by atoms with Crippen LogP contribution in [-0.4, -0.2) is 5.78 Å². The average Bonchev–Trinajstić information content (AvgIpc) is 2.59. The average molecular weight is 164 g/mol. The van der Waals surface area contributed by atoms with Gasteiger partial charge in [-0.3, -0.25) is 4.79 Å². The predicted octanol–water partition coefficient (Wildman–Crippen LogP) is 2.26. The van der Waals surface area contributed by atoms with E-state index in [0.717, 1.165) is 0 Å². The number of carbonyl (C=O) groups is 1. The first-order valence-corrected chi connectivity index (χ1v) is 4.86. The third kappa shape index (κ3) is 0.226. The summed E-state index contributed by atoms with van der Waals surface area (Å²) in [6.07, 6.45) is 0. The molecule has 66 valence electrons. The Morgan fingerprint density at radius 1 is 1.08 bits per heavy atom.